The summed E-state index contributed by atoms with van der Waals surface area (Å²) < 4.78 is 0. The van der Waals surface area contributed by atoms with Crippen LogP contribution in [0.15, 0.2) is 42.5 Å². The maximum Gasteiger partial charge on any atom is 0.294 e. The zero-order chi connectivity index (χ0) is 23.4. The molecule has 1 atom stereocenters. The summed E-state index contributed by atoms with van der Waals surface area (Å²) in [6, 6.07) is 11.1. The van der Waals surface area contributed by atoms with E-state index in [0.717, 1.165) is 5.56 Å². The Morgan fingerprint density at radius 2 is 1.69 bits per heavy atom. The molecule has 1 fully saturated rings. The van der Waals surface area contributed by atoms with Gasteiger partial charge in [0.15, 0.2) is 0 Å². The lowest BCUT2D eigenvalue weighted by Crippen LogP contribution is -2.56. The molecular formula is C23H27ClN4O4. The van der Waals surface area contributed by atoms with Crippen LogP contribution < -0.4 is 10.2 Å². The van der Waals surface area contributed by atoms with E-state index in [4.69, 9.17) is 11.6 Å². The molecule has 0 saturated carbocycles. The van der Waals surface area contributed by atoms with E-state index in [1.165, 1.54) is 6.07 Å². The molecule has 1 heterocycles. The number of rotatable bonds is 6. The Labute approximate surface area is 192 Å². The van der Waals surface area contributed by atoms with E-state index in [9.17, 15) is 19.7 Å². The van der Waals surface area contributed by atoms with E-state index >= 15 is 0 Å². The number of aryl methyl sites for hydroxylation is 1. The van der Waals surface area contributed by atoms with E-state index in [2.05, 4.69) is 5.32 Å². The normalized spacial score (nSPS) is 14.9. The first kappa shape index (κ1) is 23.5. The number of nitrogens with zero attached hydrogens (tertiary/aromatic N) is 3. The lowest BCUT2D eigenvalue weighted by molar-refractivity contribution is -0.384. The van der Waals surface area contributed by atoms with Crippen LogP contribution in [0.25, 0.3) is 0 Å². The first-order chi connectivity index (χ1) is 15.2. The molecule has 170 valence electrons. The quantitative estimate of drug-likeness (QED) is 0.526. The summed E-state index contributed by atoms with van der Waals surface area (Å²) in [4.78, 5) is 40.4. The van der Waals surface area contributed by atoms with E-state index < -0.39 is 11.0 Å². The second-order valence-corrected chi connectivity index (χ2v) is 8.70. The second-order valence-electron chi connectivity index (χ2n) is 8.26. The maximum absolute atomic E-state index is 13.2. The van der Waals surface area contributed by atoms with E-state index in [1.54, 1.807) is 29.2 Å². The first-order valence-electron chi connectivity index (χ1n) is 10.5. The molecule has 0 spiro atoms. The minimum absolute atomic E-state index is 0.0531. The number of carbonyl (C=O) groups excluding carboxylic acids is 2. The van der Waals surface area contributed by atoms with Crippen molar-refractivity contribution in [2.45, 2.75) is 26.8 Å². The van der Waals surface area contributed by atoms with Crippen molar-refractivity contribution in [3.05, 3.63) is 68.7 Å². The summed E-state index contributed by atoms with van der Waals surface area (Å²) >= 11 is 5.91. The molecule has 1 unspecified atom stereocenters. The third-order valence-corrected chi connectivity index (χ3v) is 5.83. The number of nitro benzene ring substituents is 1. The number of amides is 2. The van der Waals surface area contributed by atoms with Crippen molar-refractivity contribution >= 4 is 34.8 Å². The van der Waals surface area contributed by atoms with Gasteiger partial charge in [0.05, 0.1) is 4.92 Å². The van der Waals surface area contributed by atoms with Crippen molar-refractivity contribution in [3.8, 4) is 0 Å². The monoisotopic (exact) mass is 458 g/mol. The zero-order valence-electron chi connectivity index (χ0n) is 18.4. The molecule has 0 aromatic heterocycles. The van der Waals surface area contributed by atoms with Crippen molar-refractivity contribution in [2.75, 3.05) is 31.1 Å². The molecule has 2 aromatic rings. The summed E-state index contributed by atoms with van der Waals surface area (Å²) in [6.45, 7) is 7.44. The summed E-state index contributed by atoms with van der Waals surface area (Å²) in [5.41, 5.74) is 1.99. The minimum atomic E-state index is -0.653. The fourth-order valence-electron chi connectivity index (χ4n) is 3.72. The number of benzene rings is 2. The SMILES string of the molecule is Cc1ccc(C(=O)NC(C(=O)N2CCN(c3ccc(Cl)cc3[N+](=O)[O-])CC2)C(C)C)cc1. The number of piperazine rings is 1. The van der Waals surface area contributed by atoms with Crippen LogP contribution >= 0.6 is 11.6 Å². The van der Waals surface area contributed by atoms with Gasteiger partial charge >= 0.3 is 0 Å². The molecule has 2 amide bonds. The highest BCUT2D eigenvalue weighted by molar-refractivity contribution is 6.30. The summed E-state index contributed by atoms with van der Waals surface area (Å²) in [7, 11) is 0. The summed E-state index contributed by atoms with van der Waals surface area (Å²) in [5.74, 6) is -0.523. The molecule has 0 radical (unpaired) electrons. The number of halogens is 1. The molecule has 3 rings (SSSR count). The van der Waals surface area contributed by atoms with Gasteiger partial charge in [0.2, 0.25) is 5.91 Å². The average Bonchev–Trinajstić information content (AvgIpc) is 2.77. The highest BCUT2D eigenvalue weighted by atomic mass is 35.5. The number of nitrogens with one attached hydrogen (secondary N) is 1. The number of carbonyl (C=O) groups is 2. The van der Waals surface area contributed by atoms with Gasteiger partial charge in [0, 0.05) is 42.8 Å². The van der Waals surface area contributed by atoms with Crippen LogP contribution in [0, 0.1) is 23.0 Å². The molecule has 1 aliphatic rings. The van der Waals surface area contributed by atoms with Crippen LogP contribution in [0.3, 0.4) is 0 Å². The van der Waals surface area contributed by atoms with Crippen LogP contribution in [0.2, 0.25) is 5.02 Å². The van der Waals surface area contributed by atoms with Crippen molar-refractivity contribution < 1.29 is 14.5 Å². The largest absolute Gasteiger partial charge is 0.362 e. The van der Waals surface area contributed by atoms with Crippen LogP contribution in [0.4, 0.5) is 11.4 Å². The number of hydrogen-bond acceptors (Lipinski definition) is 5. The fourth-order valence-corrected chi connectivity index (χ4v) is 3.88. The third-order valence-electron chi connectivity index (χ3n) is 5.60. The molecule has 8 nitrogen and oxygen atoms in total. The first-order valence-corrected chi connectivity index (χ1v) is 10.9. The van der Waals surface area contributed by atoms with E-state index in [1.807, 2.05) is 37.8 Å². The molecule has 2 aromatic carbocycles. The predicted octanol–water partition coefficient (Wildman–Crippen LogP) is 3.66. The third kappa shape index (κ3) is 5.37. The topological polar surface area (TPSA) is 95.8 Å². The average molecular weight is 459 g/mol. The van der Waals surface area contributed by atoms with Crippen LogP contribution in [0.1, 0.15) is 29.8 Å². The summed E-state index contributed by atoms with van der Waals surface area (Å²) in [5, 5.41) is 14.6. The van der Waals surface area contributed by atoms with Crippen molar-refractivity contribution in [2.24, 2.45) is 5.92 Å². The van der Waals surface area contributed by atoms with Crippen molar-refractivity contribution in [1.82, 2.24) is 10.2 Å². The van der Waals surface area contributed by atoms with Gasteiger partial charge in [0.25, 0.3) is 11.6 Å². The molecule has 1 saturated heterocycles. The van der Waals surface area contributed by atoms with Gasteiger partial charge in [-0.3, -0.25) is 19.7 Å². The molecule has 9 heteroatoms. The van der Waals surface area contributed by atoms with Gasteiger partial charge in [-0.2, -0.15) is 0 Å². The Balaban J connectivity index is 1.67. The van der Waals surface area contributed by atoms with Gasteiger partial charge in [-0.25, -0.2) is 0 Å². The Bertz CT molecular complexity index is 1000. The van der Waals surface area contributed by atoms with Gasteiger partial charge in [-0.05, 0) is 37.1 Å². The number of anilines is 1. The van der Waals surface area contributed by atoms with Crippen LogP contribution in [0.5, 0.6) is 0 Å². The molecule has 0 aliphatic carbocycles. The van der Waals surface area contributed by atoms with E-state index in [-0.39, 0.29) is 23.4 Å². The zero-order valence-corrected chi connectivity index (χ0v) is 19.1. The number of hydrogen-bond donors (Lipinski definition) is 1. The van der Waals surface area contributed by atoms with Crippen molar-refractivity contribution in [3.63, 3.8) is 0 Å². The smallest absolute Gasteiger partial charge is 0.294 e. The highest BCUT2D eigenvalue weighted by Gasteiger charge is 2.32. The molecule has 1 N–H and O–H groups in total. The fraction of sp³-hybridized carbons (Fsp3) is 0.391. The Morgan fingerprint density at radius 3 is 2.25 bits per heavy atom. The predicted molar refractivity (Wildman–Crippen MR) is 124 cm³/mol. The Morgan fingerprint density at radius 1 is 1.06 bits per heavy atom. The summed E-state index contributed by atoms with van der Waals surface area (Å²) in [6.07, 6.45) is 0. The highest BCUT2D eigenvalue weighted by Crippen LogP contribution is 2.31. The lowest BCUT2D eigenvalue weighted by Gasteiger charge is -2.38. The molecule has 1 aliphatic heterocycles. The second kappa shape index (κ2) is 9.99. The standard InChI is InChI=1S/C23H27ClN4O4/c1-15(2)21(25-22(29)17-6-4-16(3)5-7-17)23(30)27-12-10-26(11-13-27)19-9-8-18(24)14-20(19)28(31)32/h4-9,14-15,21H,10-13H2,1-3H3,(H,25,29). The molecule has 0 bridgehead atoms. The lowest BCUT2D eigenvalue weighted by atomic mass is 10.0. The Hall–Kier alpha value is -3.13. The maximum atomic E-state index is 13.2. The van der Waals surface area contributed by atoms with Gasteiger partial charge in [-0.1, -0.05) is 43.1 Å². The van der Waals surface area contributed by atoms with Gasteiger partial charge in [-0.15, -0.1) is 0 Å². The van der Waals surface area contributed by atoms with Crippen LogP contribution in [-0.2, 0) is 4.79 Å². The minimum Gasteiger partial charge on any atom is -0.362 e. The van der Waals surface area contributed by atoms with Gasteiger partial charge < -0.3 is 15.1 Å². The number of nitro groups is 1. The van der Waals surface area contributed by atoms with E-state index in [0.29, 0.717) is 42.5 Å². The van der Waals surface area contributed by atoms with Crippen molar-refractivity contribution in [1.29, 1.82) is 0 Å². The van der Waals surface area contributed by atoms with Crippen LogP contribution in [-0.4, -0.2) is 53.9 Å². The molecular weight excluding hydrogens is 432 g/mol. The molecule has 32 heavy (non-hydrogen) atoms. The Kier molecular flexibility index (Phi) is 7.35. The van der Waals surface area contributed by atoms with Gasteiger partial charge in [0.1, 0.15) is 11.7 Å².